The molecular formula is C25H30N6O3. The fourth-order valence-electron chi connectivity index (χ4n) is 3.92. The van der Waals surface area contributed by atoms with Crippen LogP contribution in [0.4, 0.5) is 5.69 Å². The van der Waals surface area contributed by atoms with E-state index >= 15 is 0 Å². The first-order chi connectivity index (χ1) is 16.1. The Morgan fingerprint density at radius 1 is 1.15 bits per heavy atom. The highest BCUT2D eigenvalue weighted by molar-refractivity contribution is 5.91. The van der Waals surface area contributed by atoms with Crippen molar-refractivity contribution in [1.29, 1.82) is 0 Å². The van der Waals surface area contributed by atoms with Crippen molar-refractivity contribution in [3.63, 3.8) is 0 Å². The van der Waals surface area contributed by atoms with Crippen LogP contribution in [0.25, 0.3) is 22.4 Å². The molecule has 9 nitrogen and oxygen atoms in total. The van der Waals surface area contributed by atoms with Gasteiger partial charge in [0.2, 0.25) is 23.5 Å². The van der Waals surface area contributed by atoms with Crippen molar-refractivity contribution in [2.75, 3.05) is 12.4 Å². The predicted molar refractivity (Wildman–Crippen MR) is 130 cm³/mol. The Bertz CT molecular complexity index is 1350. The highest BCUT2D eigenvalue weighted by Gasteiger charge is 2.22. The van der Waals surface area contributed by atoms with Gasteiger partial charge in [-0.25, -0.2) is 9.67 Å². The van der Waals surface area contributed by atoms with Crippen LogP contribution in [0, 0.1) is 13.8 Å². The number of amides is 1. The van der Waals surface area contributed by atoms with E-state index < -0.39 is 0 Å². The lowest BCUT2D eigenvalue weighted by atomic mass is 9.97. The lowest BCUT2D eigenvalue weighted by Crippen LogP contribution is -2.13. The summed E-state index contributed by atoms with van der Waals surface area (Å²) in [5.74, 6) is 1.59. The van der Waals surface area contributed by atoms with Crippen molar-refractivity contribution in [2.24, 2.45) is 7.05 Å². The van der Waals surface area contributed by atoms with E-state index in [1.165, 1.54) is 0 Å². The van der Waals surface area contributed by atoms with E-state index in [1.54, 1.807) is 11.8 Å². The van der Waals surface area contributed by atoms with Crippen molar-refractivity contribution in [3.05, 3.63) is 47.0 Å². The molecule has 9 heteroatoms. The molecule has 0 bridgehead atoms. The quantitative estimate of drug-likeness (QED) is 0.449. The summed E-state index contributed by atoms with van der Waals surface area (Å²) in [6.07, 6.45) is 0.903. The van der Waals surface area contributed by atoms with Crippen molar-refractivity contribution >= 4 is 22.6 Å². The molecule has 4 rings (SSSR count). The number of carbonyl (C=O) groups excluding carboxylic acids is 1. The van der Waals surface area contributed by atoms with Crippen LogP contribution in [0.3, 0.4) is 0 Å². The maximum atomic E-state index is 12.7. The Labute approximate surface area is 198 Å². The summed E-state index contributed by atoms with van der Waals surface area (Å²) in [5, 5.41) is 12.3. The molecule has 0 aliphatic rings. The number of methoxy groups -OCH3 is 1. The average molecular weight is 463 g/mol. The van der Waals surface area contributed by atoms with Gasteiger partial charge in [-0.05, 0) is 55.7 Å². The molecule has 34 heavy (non-hydrogen) atoms. The van der Waals surface area contributed by atoms with Crippen LogP contribution in [0.5, 0.6) is 5.88 Å². The second-order valence-corrected chi connectivity index (χ2v) is 9.43. The van der Waals surface area contributed by atoms with Gasteiger partial charge in [-0.1, -0.05) is 25.9 Å². The minimum absolute atomic E-state index is 0.0700. The van der Waals surface area contributed by atoms with Crippen molar-refractivity contribution < 1.29 is 14.1 Å². The summed E-state index contributed by atoms with van der Waals surface area (Å²) >= 11 is 0. The Hall–Kier alpha value is -3.75. The number of benzene rings is 1. The Morgan fingerprint density at radius 3 is 2.47 bits per heavy atom. The molecule has 1 amide bonds. The normalized spacial score (nSPS) is 11.7. The molecule has 0 atom stereocenters. The smallest absolute Gasteiger partial charge is 0.242 e. The predicted octanol–water partition coefficient (Wildman–Crippen LogP) is 4.51. The third kappa shape index (κ3) is 4.50. The lowest BCUT2D eigenvalue weighted by Gasteiger charge is -2.11. The number of rotatable bonds is 6. The van der Waals surface area contributed by atoms with E-state index in [0.717, 1.165) is 33.4 Å². The molecule has 0 saturated carbocycles. The number of aryl methyl sites for hydroxylation is 3. The van der Waals surface area contributed by atoms with Crippen LogP contribution < -0.4 is 10.1 Å². The van der Waals surface area contributed by atoms with E-state index in [1.807, 2.05) is 65.9 Å². The highest BCUT2D eigenvalue weighted by Crippen LogP contribution is 2.30. The van der Waals surface area contributed by atoms with Crippen LogP contribution in [0.15, 0.2) is 28.8 Å². The van der Waals surface area contributed by atoms with Crippen molar-refractivity contribution in [3.8, 4) is 17.3 Å². The summed E-state index contributed by atoms with van der Waals surface area (Å²) in [6, 6.07) is 7.41. The standard InChI is InChI=1S/C25H30N6O3/c1-14-18(15(2)26-22-20(14)23(33-7)29-31(22)6)12-13-19(32)27-17-10-8-16(9-11-17)21-28-24(34-30-21)25(3,4)5/h8-11H,12-13H2,1-7H3,(H,27,32). The maximum absolute atomic E-state index is 12.7. The van der Waals surface area contributed by atoms with Crippen LogP contribution >= 0.6 is 0 Å². The van der Waals surface area contributed by atoms with Gasteiger partial charge in [0.15, 0.2) is 5.65 Å². The lowest BCUT2D eigenvalue weighted by molar-refractivity contribution is -0.116. The van der Waals surface area contributed by atoms with Crippen LogP contribution in [-0.4, -0.2) is 37.9 Å². The average Bonchev–Trinajstić information content (AvgIpc) is 3.39. The second-order valence-electron chi connectivity index (χ2n) is 9.43. The van der Waals surface area contributed by atoms with Gasteiger partial charge in [-0.2, -0.15) is 4.98 Å². The Kier molecular flexibility index (Phi) is 6.12. The molecule has 0 saturated heterocycles. The maximum Gasteiger partial charge on any atom is 0.242 e. The first kappa shape index (κ1) is 23.4. The van der Waals surface area contributed by atoms with Crippen LogP contribution in [0.1, 0.15) is 49.9 Å². The number of carbonyl (C=O) groups is 1. The van der Waals surface area contributed by atoms with E-state index in [0.29, 0.717) is 36.1 Å². The SMILES string of the molecule is COc1nn(C)c2nc(C)c(CCC(=O)Nc3ccc(-c4noc(C(C)(C)C)n4)cc3)c(C)c12. The zero-order valence-electron chi connectivity index (χ0n) is 20.7. The minimum atomic E-state index is -0.210. The molecule has 0 fully saturated rings. The third-order valence-corrected chi connectivity index (χ3v) is 5.81. The number of anilines is 1. The van der Waals surface area contributed by atoms with E-state index in [4.69, 9.17) is 14.2 Å². The number of pyridine rings is 1. The fourth-order valence-corrected chi connectivity index (χ4v) is 3.92. The number of aromatic nitrogens is 5. The summed E-state index contributed by atoms with van der Waals surface area (Å²) < 4.78 is 12.5. The number of ether oxygens (including phenoxy) is 1. The van der Waals surface area contributed by atoms with Crippen molar-refractivity contribution in [1.82, 2.24) is 24.9 Å². The number of nitrogens with zero attached hydrogens (tertiary/aromatic N) is 5. The molecule has 0 radical (unpaired) electrons. The molecule has 0 aliphatic carbocycles. The molecule has 4 aromatic rings. The largest absolute Gasteiger partial charge is 0.479 e. The van der Waals surface area contributed by atoms with Gasteiger partial charge >= 0.3 is 0 Å². The topological polar surface area (TPSA) is 108 Å². The highest BCUT2D eigenvalue weighted by atomic mass is 16.5. The van der Waals surface area contributed by atoms with Crippen LogP contribution in [0.2, 0.25) is 0 Å². The minimum Gasteiger partial charge on any atom is -0.479 e. The van der Waals surface area contributed by atoms with Gasteiger partial charge in [-0.3, -0.25) is 4.79 Å². The molecule has 178 valence electrons. The van der Waals surface area contributed by atoms with Gasteiger partial charge in [0, 0.05) is 35.8 Å². The molecule has 3 heterocycles. The zero-order valence-corrected chi connectivity index (χ0v) is 20.7. The Morgan fingerprint density at radius 2 is 1.85 bits per heavy atom. The van der Waals surface area contributed by atoms with Gasteiger partial charge in [0.05, 0.1) is 12.5 Å². The van der Waals surface area contributed by atoms with Gasteiger partial charge in [0.25, 0.3) is 0 Å². The molecule has 0 aliphatic heterocycles. The third-order valence-electron chi connectivity index (χ3n) is 5.81. The molecule has 3 aromatic heterocycles. The zero-order chi connectivity index (χ0) is 24.6. The van der Waals surface area contributed by atoms with Crippen molar-refractivity contribution in [2.45, 2.75) is 52.9 Å². The van der Waals surface area contributed by atoms with Gasteiger partial charge in [0.1, 0.15) is 0 Å². The number of hydrogen-bond donors (Lipinski definition) is 1. The molecule has 0 unspecified atom stereocenters. The molecule has 1 N–H and O–H groups in total. The first-order valence-electron chi connectivity index (χ1n) is 11.2. The number of fused-ring (bicyclic) bond motifs is 1. The van der Waals surface area contributed by atoms with E-state index in [-0.39, 0.29) is 11.3 Å². The number of hydrogen-bond acceptors (Lipinski definition) is 7. The van der Waals surface area contributed by atoms with Gasteiger partial charge < -0.3 is 14.6 Å². The van der Waals surface area contributed by atoms with E-state index in [9.17, 15) is 4.79 Å². The fraction of sp³-hybridized carbons (Fsp3) is 0.400. The summed E-state index contributed by atoms with van der Waals surface area (Å²) in [5.41, 5.74) is 5.07. The second kappa shape index (κ2) is 8.89. The van der Waals surface area contributed by atoms with Crippen LogP contribution in [-0.2, 0) is 23.7 Å². The molecule has 1 aromatic carbocycles. The Balaban J connectivity index is 1.43. The van der Waals surface area contributed by atoms with Gasteiger partial charge in [-0.15, -0.1) is 5.10 Å². The monoisotopic (exact) mass is 462 g/mol. The molecule has 0 spiro atoms. The summed E-state index contributed by atoms with van der Waals surface area (Å²) in [6.45, 7) is 10.0. The first-order valence-corrected chi connectivity index (χ1v) is 11.2. The summed E-state index contributed by atoms with van der Waals surface area (Å²) in [4.78, 5) is 21.8. The number of nitrogens with one attached hydrogen (secondary N) is 1. The summed E-state index contributed by atoms with van der Waals surface area (Å²) in [7, 11) is 3.44. The molecular weight excluding hydrogens is 432 g/mol. The van der Waals surface area contributed by atoms with E-state index in [2.05, 4.69) is 20.6 Å².